The summed E-state index contributed by atoms with van der Waals surface area (Å²) in [5, 5.41) is 14.1. The Hall–Kier alpha value is -4.22. The van der Waals surface area contributed by atoms with E-state index in [1.807, 2.05) is 30.7 Å². The standard InChI is InChI=1S/C31H33N7O/c1-3-5-6-11-39-28-13-29(31-24(14-32)17-35-38(31)21-28)23-8-10-30(34-16-23)36-19-26-12-27(20-36)37(26)18-22-7-9-25(4-2)33-15-22/h3,7-10,13,15-17,21,26-27H,1,4-6,11-12,18-20H2,2H3. The van der Waals surface area contributed by atoms with Gasteiger partial charge in [0.15, 0.2) is 0 Å². The lowest BCUT2D eigenvalue weighted by molar-refractivity contribution is -0.00875. The van der Waals surface area contributed by atoms with Crippen molar-refractivity contribution in [1.82, 2.24) is 24.5 Å². The van der Waals surface area contributed by atoms with Crippen LogP contribution in [0.1, 0.15) is 43.0 Å². The molecule has 4 aromatic rings. The predicted molar refractivity (Wildman–Crippen MR) is 152 cm³/mol. The Morgan fingerprint density at radius 2 is 2.00 bits per heavy atom. The summed E-state index contributed by atoms with van der Waals surface area (Å²) in [6.45, 7) is 9.41. The molecule has 0 amide bonds. The van der Waals surface area contributed by atoms with Crippen molar-refractivity contribution < 1.29 is 4.74 Å². The molecule has 3 fully saturated rings. The van der Waals surface area contributed by atoms with E-state index in [1.54, 1.807) is 10.7 Å². The Morgan fingerprint density at radius 1 is 1.13 bits per heavy atom. The van der Waals surface area contributed by atoms with E-state index in [4.69, 9.17) is 9.72 Å². The molecule has 0 radical (unpaired) electrons. The number of aryl methyl sites for hydroxylation is 1. The van der Waals surface area contributed by atoms with E-state index in [-0.39, 0.29) is 0 Å². The number of fused-ring (bicyclic) bond motifs is 3. The Kier molecular flexibility index (Phi) is 6.99. The number of nitrogens with zero attached hydrogens (tertiary/aromatic N) is 7. The average Bonchev–Trinajstić information content (AvgIpc) is 3.41. The zero-order chi connectivity index (χ0) is 26.8. The summed E-state index contributed by atoms with van der Waals surface area (Å²) >= 11 is 0. The quantitative estimate of drug-likeness (QED) is 0.215. The zero-order valence-electron chi connectivity index (χ0n) is 22.3. The van der Waals surface area contributed by atoms with Crippen LogP contribution in [0.25, 0.3) is 16.6 Å². The number of rotatable bonds is 10. The Balaban J connectivity index is 1.17. The molecule has 198 valence electrons. The molecule has 0 N–H and O–H groups in total. The van der Waals surface area contributed by atoms with Crippen molar-refractivity contribution in [3.05, 3.63) is 84.6 Å². The summed E-state index contributed by atoms with van der Waals surface area (Å²) in [6, 6.07) is 13.9. The van der Waals surface area contributed by atoms with Crippen LogP contribution < -0.4 is 9.64 Å². The van der Waals surface area contributed by atoms with Gasteiger partial charge in [-0.05, 0) is 55.5 Å². The van der Waals surface area contributed by atoms with Crippen LogP contribution in [-0.4, -0.2) is 56.3 Å². The second kappa shape index (κ2) is 10.9. The number of hydrogen-bond acceptors (Lipinski definition) is 7. The summed E-state index contributed by atoms with van der Waals surface area (Å²) < 4.78 is 7.72. The first-order chi connectivity index (χ1) is 19.2. The molecule has 8 heteroatoms. The lowest BCUT2D eigenvalue weighted by Gasteiger charge is -2.56. The van der Waals surface area contributed by atoms with Crippen molar-refractivity contribution in [2.24, 2.45) is 0 Å². The van der Waals surface area contributed by atoms with Crippen LogP contribution in [0.3, 0.4) is 0 Å². The first-order valence-corrected chi connectivity index (χ1v) is 13.7. The summed E-state index contributed by atoms with van der Waals surface area (Å²) in [5.41, 5.74) is 5.55. The van der Waals surface area contributed by atoms with Gasteiger partial charge in [-0.2, -0.15) is 10.4 Å². The van der Waals surface area contributed by atoms with Gasteiger partial charge in [0.25, 0.3) is 0 Å². The third kappa shape index (κ3) is 4.98. The zero-order valence-corrected chi connectivity index (χ0v) is 22.3. The lowest BCUT2D eigenvalue weighted by Crippen LogP contribution is -2.68. The lowest BCUT2D eigenvalue weighted by atomic mass is 9.87. The molecule has 3 aliphatic heterocycles. The number of allylic oxidation sites excluding steroid dienone is 1. The van der Waals surface area contributed by atoms with Gasteiger partial charge >= 0.3 is 0 Å². The molecule has 7 heterocycles. The average molecular weight is 520 g/mol. The number of piperidine rings is 1. The van der Waals surface area contributed by atoms with Gasteiger partial charge in [-0.25, -0.2) is 9.50 Å². The molecular formula is C31H33N7O. The molecule has 2 unspecified atom stereocenters. The van der Waals surface area contributed by atoms with Gasteiger partial charge in [-0.3, -0.25) is 9.88 Å². The van der Waals surface area contributed by atoms with Gasteiger partial charge in [0, 0.05) is 60.9 Å². The fourth-order valence-corrected chi connectivity index (χ4v) is 5.73. The monoisotopic (exact) mass is 519 g/mol. The molecule has 2 bridgehead atoms. The third-order valence-corrected chi connectivity index (χ3v) is 7.87. The molecule has 0 aromatic carbocycles. The first-order valence-electron chi connectivity index (χ1n) is 13.7. The van der Waals surface area contributed by atoms with Crippen molar-refractivity contribution in [1.29, 1.82) is 5.26 Å². The maximum Gasteiger partial charge on any atom is 0.138 e. The highest BCUT2D eigenvalue weighted by Gasteiger charge is 2.44. The highest BCUT2D eigenvalue weighted by Crippen LogP contribution is 2.36. The Labute approximate surface area is 229 Å². The highest BCUT2D eigenvalue weighted by molar-refractivity contribution is 5.85. The van der Waals surface area contributed by atoms with Gasteiger partial charge in [-0.15, -0.1) is 6.58 Å². The largest absolute Gasteiger partial charge is 0.492 e. The summed E-state index contributed by atoms with van der Waals surface area (Å²) in [4.78, 5) is 14.4. The van der Waals surface area contributed by atoms with Crippen LogP contribution in [0.2, 0.25) is 0 Å². The Morgan fingerprint density at radius 3 is 2.69 bits per heavy atom. The molecule has 8 nitrogen and oxygen atoms in total. The van der Waals surface area contributed by atoms with Crippen LogP contribution in [0.15, 0.2) is 67.8 Å². The maximum absolute atomic E-state index is 9.67. The number of nitriles is 1. The second-order valence-corrected chi connectivity index (χ2v) is 10.4. The maximum atomic E-state index is 9.67. The summed E-state index contributed by atoms with van der Waals surface area (Å²) in [5.74, 6) is 1.71. The number of aromatic nitrogens is 4. The van der Waals surface area contributed by atoms with Crippen LogP contribution in [-0.2, 0) is 13.0 Å². The molecule has 4 aromatic heterocycles. The second-order valence-electron chi connectivity index (χ2n) is 10.4. The van der Waals surface area contributed by atoms with Crippen LogP contribution in [0.5, 0.6) is 5.75 Å². The smallest absolute Gasteiger partial charge is 0.138 e. The molecule has 0 aliphatic carbocycles. The van der Waals surface area contributed by atoms with E-state index < -0.39 is 0 Å². The Bertz CT molecular complexity index is 1490. The number of anilines is 1. The summed E-state index contributed by atoms with van der Waals surface area (Å²) in [7, 11) is 0. The molecule has 3 saturated heterocycles. The van der Waals surface area contributed by atoms with E-state index in [1.165, 1.54) is 12.0 Å². The fraction of sp³-hybridized carbons (Fsp3) is 0.355. The van der Waals surface area contributed by atoms with Crippen LogP contribution >= 0.6 is 0 Å². The minimum atomic E-state index is 0.531. The topological polar surface area (TPSA) is 82.6 Å². The molecular weight excluding hydrogens is 486 g/mol. The van der Waals surface area contributed by atoms with Crippen molar-refractivity contribution >= 4 is 11.3 Å². The molecule has 0 saturated carbocycles. The third-order valence-electron chi connectivity index (χ3n) is 7.87. The molecule has 7 rings (SSSR count). The van der Waals surface area contributed by atoms with Gasteiger partial charge in [0.2, 0.25) is 0 Å². The number of pyridine rings is 3. The van der Waals surface area contributed by atoms with Gasteiger partial charge in [-0.1, -0.05) is 19.1 Å². The number of piperazine rings is 1. The van der Waals surface area contributed by atoms with Gasteiger partial charge < -0.3 is 9.64 Å². The van der Waals surface area contributed by atoms with Crippen molar-refractivity contribution in [3.63, 3.8) is 0 Å². The number of unbranched alkanes of at least 4 members (excludes halogenated alkanes) is 1. The van der Waals surface area contributed by atoms with E-state index in [0.29, 0.717) is 30.0 Å². The molecule has 2 atom stereocenters. The van der Waals surface area contributed by atoms with Crippen LogP contribution in [0.4, 0.5) is 5.82 Å². The van der Waals surface area contributed by atoms with Crippen LogP contribution in [0, 0.1) is 11.3 Å². The molecule has 3 aliphatic rings. The predicted octanol–water partition coefficient (Wildman–Crippen LogP) is 5.03. The van der Waals surface area contributed by atoms with E-state index in [0.717, 1.165) is 67.1 Å². The van der Waals surface area contributed by atoms with Crippen molar-refractivity contribution in [3.8, 4) is 22.9 Å². The number of hydrogen-bond donors (Lipinski definition) is 0. The SMILES string of the molecule is C=CCCCOc1cc(-c2ccc(N3CC4CC(C3)N4Cc3ccc(CC)nc3)nc2)c2c(C#N)cnn2c1. The van der Waals surface area contributed by atoms with E-state index in [9.17, 15) is 5.26 Å². The van der Waals surface area contributed by atoms with E-state index in [2.05, 4.69) is 63.7 Å². The van der Waals surface area contributed by atoms with Gasteiger partial charge in [0.05, 0.1) is 30.1 Å². The van der Waals surface area contributed by atoms with Crippen molar-refractivity contribution in [2.75, 3.05) is 24.6 Å². The highest BCUT2D eigenvalue weighted by atomic mass is 16.5. The fourth-order valence-electron chi connectivity index (χ4n) is 5.73. The minimum Gasteiger partial charge on any atom is -0.492 e. The van der Waals surface area contributed by atoms with Gasteiger partial charge in [0.1, 0.15) is 17.6 Å². The normalized spacial score (nSPS) is 18.5. The van der Waals surface area contributed by atoms with Crippen molar-refractivity contribution in [2.45, 2.75) is 51.2 Å². The number of ether oxygens (including phenoxy) is 1. The first kappa shape index (κ1) is 25.1. The van der Waals surface area contributed by atoms with E-state index >= 15 is 0 Å². The molecule has 0 spiro atoms. The minimum absolute atomic E-state index is 0.531. The summed E-state index contributed by atoms with van der Waals surface area (Å²) in [6.07, 6.45) is 13.3. The molecule has 39 heavy (non-hydrogen) atoms.